The fourth-order valence-corrected chi connectivity index (χ4v) is 3.89. The van der Waals surface area contributed by atoms with Crippen molar-refractivity contribution >= 4 is 36.4 Å². The number of hydrogen-bond acceptors (Lipinski definition) is 5. The fraction of sp³-hybridized carbons (Fsp3) is 0.667. The van der Waals surface area contributed by atoms with Crippen molar-refractivity contribution in [2.45, 2.75) is 31.8 Å². The number of nitrogens with zero attached hydrogens (tertiary/aromatic N) is 3. The van der Waals surface area contributed by atoms with Crippen LogP contribution in [0.1, 0.15) is 25.7 Å². The SMILES string of the molecule is Cl.Cl.NCCCOC1CCN(C(=O)CCN2CCN(c3ccccc3)CC2)CC1. The van der Waals surface area contributed by atoms with Crippen molar-refractivity contribution in [2.75, 3.05) is 63.9 Å². The number of halogens is 2. The number of para-hydroxylation sites is 1. The van der Waals surface area contributed by atoms with Crippen molar-refractivity contribution in [3.05, 3.63) is 30.3 Å². The van der Waals surface area contributed by atoms with Crippen LogP contribution >= 0.6 is 24.8 Å². The second-order valence-electron chi connectivity index (χ2n) is 7.51. The number of carbonyl (C=O) groups excluding carboxylic acids is 1. The van der Waals surface area contributed by atoms with Crippen LogP contribution in [0, 0.1) is 0 Å². The van der Waals surface area contributed by atoms with Gasteiger partial charge in [-0.1, -0.05) is 18.2 Å². The molecule has 2 heterocycles. The van der Waals surface area contributed by atoms with Crippen LogP contribution in [0.15, 0.2) is 30.3 Å². The minimum atomic E-state index is 0. The molecule has 3 rings (SSSR count). The maximum absolute atomic E-state index is 12.5. The molecule has 1 aromatic carbocycles. The summed E-state index contributed by atoms with van der Waals surface area (Å²) in [6.45, 7) is 8.06. The first-order chi connectivity index (χ1) is 13.3. The summed E-state index contributed by atoms with van der Waals surface area (Å²) in [6, 6.07) is 10.6. The van der Waals surface area contributed by atoms with Crippen LogP contribution < -0.4 is 10.6 Å². The topological polar surface area (TPSA) is 62.0 Å². The molecule has 2 aliphatic heterocycles. The molecule has 0 spiro atoms. The van der Waals surface area contributed by atoms with E-state index in [9.17, 15) is 4.79 Å². The number of nitrogens with two attached hydrogens (primary N) is 1. The highest BCUT2D eigenvalue weighted by molar-refractivity contribution is 5.85. The molecule has 166 valence electrons. The van der Waals surface area contributed by atoms with E-state index in [-0.39, 0.29) is 24.8 Å². The molecule has 0 aliphatic carbocycles. The van der Waals surface area contributed by atoms with Crippen molar-refractivity contribution in [3.63, 3.8) is 0 Å². The molecule has 0 unspecified atom stereocenters. The number of hydrogen-bond donors (Lipinski definition) is 1. The molecule has 6 nitrogen and oxygen atoms in total. The van der Waals surface area contributed by atoms with E-state index in [0.717, 1.165) is 71.7 Å². The zero-order valence-corrected chi connectivity index (χ0v) is 18.8. The lowest BCUT2D eigenvalue weighted by molar-refractivity contribution is -0.134. The molecule has 2 saturated heterocycles. The van der Waals surface area contributed by atoms with Crippen molar-refractivity contribution in [2.24, 2.45) is 5.73 Å². The Kier molecular flexibility index (Phi) is 12.6. The van der Waals surface area contributed by atoms with Gasteiger partial charge in [0.2, 0.25) is 5.91 Å². The van der Waals surface area contributed by atoms with E-state index in [1.165, 1.54) is 5.69 Å². The van der Waals surface area contributed by atoms with E-state index < -0.39 is 0 Å². The van der Waals surface area contributed by atoms with Crippen LogP contribution in [0.3, 0.4) is 0 Å². The number of amides is 1. The standard InChI is InChI=1S/C21H34N4O2.2ClH/c22-10-4-18-27-20-7-12-25(13-8-20)21(26)9-11-23-14-16-24(17-15-23)19-5-2-1-3-6-19;;/h1-3,5-6,20H,4,7-18,22H2;2*1H. The van der Waals surface area contributed by atoms with Gasteiger partial charge >= 0.3 is 0 Å². The lowest BCUT2D eigenvalue weighted by Crippen LogP contribution is -2.48. The number of ether oxygens (including phenoxy) is 1. The maximum Gasteiger partial charge on any atom is 0.223 e. The number of anilines is 1. The van der Waals surface area contributed by atoms with Crippen LogP contribution in [-0.4, -0.2) is 80.8 Å². The van der Waals surface area contributed by atoms with E-state index in [0.29, 0.717) is 25.0 Å². The van der Waals surface area contributed by atoms with Gasteiger partial charge in [-0.25, -0.2) is 0 Å². The lowest BCUT2D eigenvalue weighted by atomic mass is 10.1. The minimum absolute atomic E-state index is 0. The van der Waals surface area contributed by atoms with Gasteiger partial charge in [-0.3, -0.25) is 9.69 Å². The van der Waals surface area contributed by atoms with Gasteiger partial charge in [0.1, 0.15) is 0 Å². The van der Waals surface area contributed by atoms with Crippen LogP contribution in [0.25, 0.3) is 0 Å². The zero-order chi connectivity index (χ0) is 18.9. The Bertz CT molecular complexity index is 563. The Balaban J connectivity index is 0.00000210. The summed E-state index contributed by atoms with van der Waals surface area (Å²) in [4.78, 5) is 19.4. The van der Waals surface area contributed by atoms with Gasteiger partial charge < -0.3 is 20.3 Å². The Morgan fingerprint density at radius 2 is 1.66 bits per heavy atom. The monoisotopic (exact) mass is 446 g/mol. The van der Waals surface area contributed by atoms with Gasteiger partial charge in [0.25, 0.3) is 0 Å². The molecule has 29 heavy (non-hydrogen) atoms. The quantitative estimate of drug-likeness (QED) is 0.621. The van der Waals surface area contributed by atoms with Gasteiger partial charge in [-0.15, -0.1) is 24.8 Å². The van der Waals surface area contributed by atoms with E-state index in [2.05, 4.69) is 40.1 Å². The van der Waals surface area contributed by atoms with E-state index in [1.54, 1.807) is 0 Å². The molecule has 1 aromatic rings. The largest absolute Gasteiger partial charge is 0.378 e. The second kappa shape index (κ2) is 14.0. The van der Waals surface area contributed by atoms with Gasteiger partial charge in [0.05, 0.1) is 6.10 Å². The molecule has 0 aromatic heterocycles. The smallest absolute Gasteiger partial charge is 0.223 e. The number of likely N-dealkylation sites (tertiary alicyclic amines) is 1. The van der Waals surface area contributed by atoms with Crippen LogP contribution in [-0.2, 0) is 9.53 Å². The summed E-state index contributed by atoms with van der Waals surface area (Å²) < 4.78 is 5.82. The predicted molar refractivity (Wildman–Crippen MR) is 123 cm³/mol. The van der Waals surface area contributed by atoms with E-state index in [4.69, 9.17) is 10.5 Å². The van der Waals surface area contributed by atoms with Crippen LogP contribution in [0.2, 0.25) is 0 Å². The lowest BCUT2D eigenvalue weighted by Gasteiger charge is -2.36. The molecule has 2 aliphatic rings. The van der Waals surface area contributed by atoms with Crippen molar-refractivity contribution in [3.8, 4) is 0 Å². The predicted octanol–water partition coefficient (Wildman–Crippen LogP) is 2.40. The van der Waals surface area contributed by atoms with Crippen molar-refractivity contribution < 1.29 is 9.53 Å². The van der Waals surface area contributed by atoms with Gasteiger partial charge in [0.15, 0.2) is 0 Å². The number of rotatable bonds is 8. The van der Waals surface area contributed by atoms with Crippen LogP contribution in [0.4, 0.5) is 5.69 Å². The summed E-state index contributed by atoms with van der Waals surface area (Å²) in [5.41, 5.74) is 6.79. The molecule has 2 fully saturated rings. The van der Waals surface area contributed by atoms with Gasteiger partial charge in [-0.2, -0.15) is 0 Å². The number of carbonyl (C=O) groups is 1. The number of piperazine rings is 1. The third-order valence-corrected chi connectivity index (χ3v) is 5.63. The van der Waals surface area contributed by atoms with E-state index >= 15 is 0 Å². The highest BCUT2D eigenvalue weighted by Crippen LogP contribution is 2.17. The Hall–Kier alpha value is -1.05. The summed E-state index contributed by atoms with van der Waals surface area (Å²) in [6.07, 6.45) is 3.74. The summed E-state index contributed by atoms with van der Waals surface area (Å²) >= 11 is 0. The molecule has 0 saturated carbocycles. The molecule has 2 N–H and O–H groups in total. The Morgan fingerprint density at radius 3 is 2.28 bits per heavy atom. The van der Waals surface area contributed by atoms with Crippen molar-refractivity contribution in [1.29, 1.82) is 0 Å². The van der Waals surface area contributed by atoms with Gasteiger partial charge in [0, 0.05) is 64.5 Å². The molecule has 0 radical (unpaired) electrons. The maximum atomic E-state index is 12.5. The number of piperidine rings is 1. The van der Waals surface area contributed by atoms with Crippen LogP contribution in [0.5, 0.6) is 0 Å². The van der Waals surface area contributed by atoms with E-state index in [1.807, 2.05) is 4.90 Å². The average molecular weight is 447 g/mol. The third kappa shape index (κ3) is 8.30. The van der Waals surface area contributed by atoms with Gasteiger partial charge in [-0.05, 0) is 37.9 Å². The molecule has 0 atom stereocenters. The average Bonchev–Trinajstić information content (AvgIpc) is 2.74. The Labute approximate surface area is 187 Å². The molecular weight excluding hydrogens is 411 g/mol. The highest BCUT2D eigenvalue weighted by Gasteiger charge is 2.24. The van der Waals surface area contributed by atoms with Crippen molar-refractivity contribution in [1.82, 2.24) is 9.80 Å². The minimum Gasteiger partial charge on any atom is -0.378 e. The summed E-state index contributed by atoms with van der Waals surface area (Å²) in [7, 11) is 0. The first-order valence-corrected chi connectivity index (χ1v) is 10.4. The fourth-order valence-electron chi connectivity index (χ4n) is 3.89. The number of benzene rings is 1. The second-order valence-corrected chi connectivity index (χ2v) is 7.51. The zero-order valence-electron chi connectivity index (χ0n) is 17.2. The summed E-state index contributed by atoms with van der Waals surface area (Å²) in [5, 5.41) is 0. The molecule has 0 bridgehead atoms. The summed E-state index contributed by atoms with van der Waals surface area (Å²) in [5.74, 6) is 0.292. The first kappa shape index (κ1) is 26.0. The highest BCUT2D eigenvalue weighted by atomic mass is 35.5. The molecular formula is C21H36Cl2N4O2. The first-order valence-electron chi connectivity index (χ1n) is 10.4. The third-order valence-electron chi connectivity index (χ3n) is 5.63. The Morgan fingerprint density at radius 1 is 1.00 bits per heavy atom. The normalized spacial score (nSPS) is 18.1. The molecule has 8 heteroatoms. The molecule has 1 amide bonds.